The SMILES string of the molecule is CC(C)(C)OC(=O)N1CCCN(C(=O)OC(C)(C)C)CCN(CCCCC(=O)O)CCC(Cc2ccc(CN3CCCN(C(=O)OC(C)(C)C)CCN(C(=O)OC(C)(C)C)CCCN(C(=O)OC(C)(C)C)CC3)cc2)NCC1. The van der Waals surface area contributed by atoms with Crippen LogP contribution in [0.15, 0.2) is 24.3 Å². The zero-order valence-electron chi connectivity index (χ0n) is 50.6. The summed E-state index contributed by atoms with van der Waals surface area (Å²) in [6.45, 7) is 35.2. The molecule has 1 aromatic rings. The number of ether oxygens (including phenoxy) is 5. The van der Waals surface area contributed by atoms with E-state index in [4.69, 9.17) is 23.7 Å². The Bertz CT molecular complexity index is 2020. The summed E-state index contributed by atoms with van der Waals surface area (Å²) in [6, 6.07) is 8.58. The molecule has 0 radical (unpaired) electrons. The highest BCUT2D eigenvalue weighted by atomic mass is 16.6. The van der Waals surface area contributed by atoms with Crippen molar-refractivity contribution in [2.24, 2.45) is 0 Å². The number of aliphatic carboxylic acids is 1. The van der Waals surface area contributed by atoms with Crippen molar-refractivity contribution in [3.8, 4) is 0 Å². The van der Waals surface area contributed by atoms with Gasteiger partial charge in [-0.25, -0.2) is 24.0 Å². The number of benzene rings is 1. The van der Waals surface area contributed by atoms with Gasteiger partial charge in [-0.2, -0.15) is 0 Å². The average Bonchev–Trinajstić information content (AvgIpc) is 3.27. The normalized spacial score (nSPS) is 18.8. The van der Waals surface area contributed by atoms with Crippen LogP contribution in [0.25, 0.3) is 0 Å². The number of nitrogens with one attached hydrogen (secondary N) is 1. The Morgan fingerprint density at radius 3 is 1.18 bits per heavy atom. The second kappa shape index (κ2) is 31.1. The molecule has 2 saturated heterocycles. The molecule has 20 heteroatoms. The fraction of sp³-hybridized carbons (Fsp3) is 0.793. The third kappa shape index (κ3) is 29.2. The maximum absolute atomic E-state index is 13.7. The number of carboxylic acids is 1. The zero-order valence-corrected chi connectivity index (χ0v) is 50.6. The first kappa shape index (κ1) is 67.2. The Labute approximate surface area is 468 Å². The lowest BCUT2D eigenvalue weighted by Crippen LogP contribution is -2.47. The summed E-state index contributed by atoms with van der Waals surface area (Å²) in [6.07, 6.45) is 2.20. The molecule has 2 fully saturated rings. The van der Waals surface area contributed by atoms with E-state index in [-0.39, 0.29) is 25.6 Å². The van der Waals surface area contributed by atoms with Crippen molar-refractivity contribution >= 4 is 36.4 Å². The van der Waals surface area contributed by atoms with Gasteiger partial charge in [0.15, 0.2) is 0 Å². The van der Waals surface area contributed by atoms with Gasteiger partial charge < -0.3 is 63.5 Å². The van der Waals surface area contributed by atoms with E-state index in [1.165, 1.54) is 0 Å². The molecule has 2 N–H and O–H groups in total. The highest BCUT2D eigenvalue weighted by Gasteiger charge is 2.30. The Balaban J connectivity index is 1.91. The minimum absolute atomic E-state index is 0.00839. The summed E-state index contributed by atoms with van der Waals surface area (Å²) in [5, 5.41) is 13.1. The van der Waals surface area contributed by atoms with Crippen LogP contribution in [0.3, 0.4) is 0 Å². The molecule has 446 valence electrons. The van der Waals surface area contributed by atoms with Crippen molar-refractivity contribution < 1.29 is 57.6 Å². The minimum Gasteiger partial charge on any atom is -0.481 e. The van der Waals surface area contributed by atoms with E-state index in [1.807, 2.05) is 104 Å². The smallest absolute Gasteiger partial charge is 0.410 e. The Morgan fingerprint density at radius 2 is 0.795 bits per heavy atom. The fourth-order valence-electron chi connectivity index (χ4n) is 8.82. The zero-order chi connectivity index (χ0) is 58.5. The fourth-order valence-corrected chi connectivity index (χ4v) is 8.82. The second-order valence-corrected chi connectivity index (χ2v) is 25.8. The quantitative estimate of drug-likeness (QED) is 0.175. The lowest BCUT2D eigenvalue weighted by Gasteiger charge is -2.34. The molecule has 0 spiro atoms. The van der Waals surface area contributed by atoms with Crippen molar-refractivity contribution in [1.29, 1.82) is 0 Å². The molecule has 3 rings (SSSR count). The van der Waals surface area contributed by atoms with E-state index in [1.54, 1.807) is 24.5 Å². The summed E-state index contributed by atoms with van der Waals surface area (Å²) in [4.78, 5) is 92.4. The number of hydrogen-bond acceptors (Lipinski definition) is 14. The first-order valence-corrected chi connectivity index (χ1v) is 28.5. The summed E-state index contributed by atoms with van der Waals surface area (Å²) in [5.41, 5.74) is -1.32. The van der Waals surface area contributed by atoms with E-state index >= 15 is 0 Å². The number of carboxylic acid groups (broad SMARTS) is 1. The van der Waals surface area contributed by atoms with Crippen LogP contribution in [0, 0.1) is 0 Å². The molecule has 0 aliphatic carbocycles. The predicted molar refractivity (Wildman–Crippen MR) is 303 cm³/mol. The van der Waals surface area contributed by atoms with E-state index in [2.05, 4.69) is 39.4 Å². The highest BCUT2D eigenvalue weighted by molar-refractivity contribution is 5.70. The predicted octanol–water partition coefficient (Wildman–Crippen LogP) is 9.32. The highest BCUT2D eigenvalue weighted by Crippen LogP contribution is 2.19. The minimum atomic E-state index is -0.820. The van der Waals surface area contributed by atoms with Crippen LogP contribution in [-0.4, -0.2) is 215 Å². The standard InChI is InChI=1S/C58H102N8O12/c1-54(2,3)74-49(69)62-31-19-32-63(50(70)75-55(4,5)6)39-37-60(28-17-16-21-48(67)68)35-26-47(59-27-36-62)43-45-22-24-46(25-23-45)44-61-29-18-30-65(52(72)77-57(10,11)12)41-42-66(53(73)78-58(13,14)15)34-20-33-64(40-38-61)51(71)76-56(7,8)9/h22-25,47,59H,16-21,26-44H2,1-15H3,(H,67,68). The Kier molecular flexibility index (Phi) is 26.8. The molecule has 0 aromatic heterocycles. The van der Waals surface area contributed by atoms with Gasteiger partial charge >= 0.3 is 36.4 Å². The van der Waals surface area contributed by atoms with Crippen LogP contribution in [-0.2, 0) is 41.4 Å². The summed E-state index contributed by atoms with van der Waals surface area (Å²) < 4.78 is 29.1. The number of carbonyl (C=O) groups is 6. The maximum Gasteiger partial charge on any atom is 0.410 e. The van der Waals surface area contributed by atoms with Crippen LogP contribution < -0.4 is 5.32 Å². The second-order valence-electron chi connectivity index (χ2n) is 25.8. The van der Waals surface area contributed by atoms with E-state index < -0.39 is 64.4 Å². The molecule has 0 saturated carbocycles. The van der Waals surface area contributed by atoms with Crippen molar-refractivity contribution in [3.05, 3.63) is 35.4 Å². The van der Waals surface area contributed by atoms with Gasteiger partial charge in [0.1, 0.15) is 28.0 Å². The number of amides is 5. The van der Waals surface area contributed by atoms with E-state index in [0.717, 1.165) is 17.5 Å². The average molecular weight is 1100 g/mol. The molecule has 1 unspecified atom stereocenters. The lowest BCUT2D eigenvalue weighted by atomic mass is 10.0. The molecule has 20 nitrogen and oxygen atoms in total. The summed E-state index contributed by atoms with van der Waals surface area (Å²) in [7, 11) is 0. The van der Waals surface area contributed by atoms with Gasteiger partial charge in [0.2, 0.25) is 0 Å². The number of carbonyl (C=O) groups excluding carboxylic acids is 5. The van der Waals surface area contributed by atoms with Crippen LogP contribution in [0.2, 0.25) is 0 Å². The third-order valence-electron chi connectivity index (χ3n) is 12.5. The molecule has 2 heterocycles. The van der Waals surface area contributed by atoms with Crippen molar-refractivity contribution in [2.45, 2.75) is 196 Å². The molecule has 0 bridgehead atoms. The molecule has 78 heavy (non-hydrogen) atoms. The van der Waals surface area contributed by atoms with E-state index in [0.29, 0.717) is 137 Å². The maximum atomic E-state index is 13.7. The summed E-state index contributed by atoms with van der Waals surface area (Å²) >= 11 is 0. The number of rotatable bonds is 9. The number of hydrogen-bond donors (Lipinski definition) is 2. The van der Waals surface area contributed by atoms with Gasteiger partial charge in [-0.3, -0.25) is 9.69 Å². The molecule has 5 amide bonds. The summed E-state index contributed by atoms with van der Waals surface area (Å²) in [5.74, 6) is -0.820. The topological polar surface area (TPSA) is 204 Å². The molecular formula is C58H102N8O12. The van der Waals surface area contributed by atoms with Crippen LogP contribution in [0.1, 0.15) is 160 Å². The molecule has 1 atom stereocenters. The first-order valence-electron chi connectivity index (χ1n) is 28.5. The van der Waals surface area contributed by atoms with Crippen LogP contribution in [0.4, 0.5) is 24.0 Å². The molecule has 2 aliphatic rings. The van der Waals surface area contributed by atoms with Gasteiger partial charge in [0.25, 0.3) is 0 Å². The van der Waals surface area contributed by atoms with Gasteiger partial charge in [0.05, 0.1) is 0 Å². The Morgan fingerprint density at radius 1 is 0.449 bits per heavy atom. The van der Waals surface area contributed by atoms with Crippen LogP contribution >= 0.6 is 0 Å². The van der Waals surface area contributed by atoms with Crippen LogP contribution in [0.5, 0.6) is 0 Å². The molecule has 2 aliphatic heterocycles. The van der Waals surface area contributed by atoms with E-state index in [9.17, 15) is 33.9 Å². The monoisotopic (exact) mass is 1100 g/mol. The number of unbranched alkanes of at least 4 members (excludes halogenated alkanes) is 1. The Hall–Kier alpha value is -5.08. The molecule has 1 aromatic carbocycles. The van der Waals surface area contributed by atoms with Crippen molar-refractivity contribution in [2.75, 3.05) is 105 Å². The first-order chi connectivity index (χ1) is 36.1. The van der Waals surface area contributed by atoms with Crippen molar-refractivity contribution in [3.63, 3.8) is 0 Å². The van der Waals surface area contributed by atoms with Gasteiger partial charge in [-0.15, -0.1) is 0 Å². The van der Waals surface area contributed by atoms with Gasteiger partial charge in [0, 0.05) is 111 Å². The van der Waals surface area contributed by atoms with Crippen molar-refractivity contribution in [1.82, 2.24) is 39.6 Å². The van der Waals surface area contributed by atoms with Gasteiger partial charge in [-0.05, 0) is 173 Å². The number of nitrogens with zero attached hydrogens (tertiary/aromatic N) is 7. The largest absolute Gasteiger partial charge is 0.481 e. The lowest BCUT2D eigenvalue weighted by molar-refractivity contribution is -0.137. The third-order valence-corrected chi connectivity index (χ3v) is 12.5. The van der Waals surface area contributed by atoms with Gasteiger partial charge in [-0.1, -0.05) is 24.3 Å². The molecular weight excluding hydrogens is 1000 g/mol.